The molecule has 0 N–H and O–H groups in total. The molecule has 2 atom stereocenters. The van der Waals surface area contributed by atoms with Crippen LogP contribution in [0, 0.1) is 19.7 Å². The van der Waals surface area contributed by atoms with Crippen molar-refractivity contribution in [2.45, 2.75) is 25.9 Å². The Bertz CT molecular complexity index is 978. The Balaban J connectivity index is 1.74. The highest BCUT2D eigenvalue weighted by atomic mass is 35.5. The third kappa shape index (κ3) is 2.31. The van der Waals surface area contributed by atoms with Crippen LogP contribution in [0.25, 0.3) is 0 Å². The van der Waals surface area contributed by atoms with Crippen LogP contribution in [0.1, 0.15) is 11.1 Å². The van der Waals surface area contributed by atoms with E-state index in [0.717, 1.165) is 10.5 Å². The van der Waals surface area contributed by atoms with Gasteiger partial charge in [-0.2, -0.15) is 5.11 Å². The van der Waals surface area contributed by atoms with Gasteiger partial charge in [0.05, 0.1) is 11.4 Å². The molecule has 26 heavy (non-hydrogen) atoms. The summed E-state index contributed by atoms with van der Waals surface area (Å²) in [4.78, 5) is 26.6. The second-order valence-corrected chi connectivity index (χ2v) is 6.68. The van der Waals surface area contributed by atoms with E-state index < -0.39 is 29.7 Å². The number of aryl methyl sites for hydroxylation is 1. The zero-order valence-electron chi connectivity index (χ0n) is 14.0. The maximum Gasteiger partial charge on any atom is 0.263 e. The van der Waals surface area contributed by atoms with E-state index in [1.54, 1.807) is 38.1 Å². The number of halogens is 2. The third-order valence-corrected chi connectivity index (χ3v) is 5.09. The van der Waals surface area contributed by atoms with Gasteiger partial charge in [-0.25, -0.2) is 14.3 Å². The Morgan fingerprint density at radius 1 is 1.12 bits per heavy atom. The molecule has 4 rings (SSSR count). The van der Waals surface area contributed by atoms with Crippen molar-refractivity contribution < 1.29 is 14.0 Å². The maximum absolute atomic E-state index is 13.9. The number of hydrogen-bond donors (Lipinski definition) is 0. The van der Waals surface area contributed by atoms with Gasteiger partial charge in [-0.05, 0) is 49.2 Å². The van der Waals surface area contributed by atoms with E-state index in [1.165, 1.54) is 17.1 Å². The molecule has 2 aromatic rings. The largest absolute Gasteiger partial charge is 0.271 e. The summed E-state index contributed by atoms with van der Waals surface area (Å²) in [5.41, 5.74) is 1.96. The van der Waals surface area contributed by atoms with E-state index in [-0.39, 0.29) is 5.69 Å². The lowest BCUT2D eigenvalue weighted by Crippen LogP contribution is -2.40. The van der Waals surface area contributed by atoms with Crippen LogP contribution in [0.5, 0.6) is 0 Å². The fourth-order valence-corrected chi connectivity index (χ4v) is 3.35. The van der Waals surface area contributed by atoms with E-state index in [9.17, 15) is 14.0 Å². The van der Waals surface area contributed by atoms with Gasteiger partial charge >= 0.3 is 0 Å². The summed E-state index contributed by atoms with van der Waals surface area (Å²) in [6.45, 7) is 3.41. The predicted molar refractivity (Wildman–Crippen MR) is 94.7 cm³/mol. The summed E-state index contributed by atoms with van der Waals surface area (Å²) in [7, 11) is 0. The highest BCUT2D eigenvalue weighted by Crippen LogP contribution is 2.37. The van der Waals surface area contributed by atoms with Crippen LogP contribution < -0.4 is 9.91 Å². The van der Waals surface area contributed by atoms with Gasteiger partial charge in [0.25, 0.3) is 11.8 Å². The average molecular weight is 373 g/mol. The second-order valence-electron chi connectivity index (χ2n) is 6.27. The first-order valence-electron chi connectivity index (χ1n) is 7.99. The van der Waals surface area contributed by atoms with Crippen molar-refractivity contribution in [3.63, 3.8) is 0 Å². The highest BCUT2D eigenvalue weighted by molar-refractivity contribution is 6.32. The van der Waals surface area contributed by atoms with Gasteiger partial charge in [-0.15, -0.1) is 0 Å². The molecule has 0 radical (unpaired) electrons. The normalized spacial score (nSPS) is 21.7. The minimum Gasteiger partial charge on any atom is -0.271 e. The molecule has 0 aromatic heterocycles. The van der Waals surface area contributed by atoms with Crippen molar-refractivity contribution in [3.8, 4) is 0 Å². The monoisotopic (exact) mass is 372 g/mol. The Labute approximate surface area is 153 Å². The first-order chi connectivity index (χ1) is 12.4. The molecular formula is C18H14ClFN4O2. The van der Waals surface area contributed by atoms with E-state index in [0.29, 0.717) is 16.3 Å². The first-order valence-corrected chi connectivity index (χ1v) is 8.37. The van der Waals surface area contributed by atoms with Crippen molar-refractivity contribution in [2.75, 3.05) is 9.91 Å². The first kappa shape index (κ1) is 16.7. The van der Waals surface area contributed by atoms with Gasteiger partial charge < -0.3 is 0 Å². The zero-order valence-corrected chi connectivity index (χ0v) is 14.7. The molecule has 132 valence electrons. The summed E-state index contributed by atoms with van der Waals surface area (Å²) in [6.07, 6.45) is 0. The molecule has 2 aliphatic rings. The second kappa shape index (κ2) is 5.88. The van der Waals surface area contributed by atoms with Crippen LogP contribution in [0.3, 0.4) is 0 Å². The van der Waals surface area contributed by atoms with Crippen molar-refractivity contribution in [3.05, 3.63) is 58.4 Å². The summed E-state index contributed by atoms with van der Waals surface area (Å²) in [5.74, 6) is -1.49. The molecule has 0 bridgehead atoms. The summed E-state index contributed by atoms with van der Waals surface area (Å²) >= 11 is 6.15. The molecule has 0 aliphatic carbocycles. The number of hydrogen-bond acceptors (Lipinski definition) is 5. The fraction of sp³-hybridized carbons (Fsp3) is 0.222. The average Bonchev–Trinajstić information content (AvgIpc) is 3.14. The number of fused-ring (bicyclic) bond motifs is 1. The Morgan fingerprint density at radius 2 is 1.88 bits per heavy atom. The number of imide groups is 1. The minimum absolute atomic E-state index is 0.190. The Kier molecular flexibility index (Phi) is 3.77. The quantitative estimate of drug-likeness (QED) is 0.756. The molecule has 2 unspecified atom stereocenters. The maximum atomic E-state index is 13.9. The van der Waals surface area contributed by atoms with Crippen LogP contribution in [0.4, 0.5) is 15.8 Å². The SMILES string of the molecule is Cc1ccc(N2C(=O)C3N=NN(c4cccc(Cl)c4C)C3C2=O)cc1F. The van der Waals surface area contributed by atoms with Gasteiger partial charge in [-0.3, -0.25) is 9.59 Å². The lowest BCUT2D eigenvalue weighted by Gasteiger charge is -2.22. The predicted octanol–water partition coefficient (Wildman–Crippen LogP) is 3.59. The Morgan fingerprint density at radius 3 is 2.62 bits per heavy atom. The lowest BCUT2D eigenvalue weighted by atomic mass is 10.1. The molecule has 0 saturated carbocycles. The summed E-state index contributed by atoms with van der Waals surface area (Å²) in [6, 6.07) is 7.62. The molecule has 8 heteroatoms. The van der Waals surface area contributed by atoms with Gasteiger partial charge in [-0.1, -0.05) is 29.0 Å². The number of amides is 2. The molecule has 2 aromatic carbocycles. The van der Waals surface area contributed by atoms with Gasteiger partial charge in [0, 0.05) is 5.02 Å². The van der Waals surface area contributed by atoms with Crippen LogP contribution >= 0.6 is 11.6 Å². The van der Waals surface area contributed by atoms with Crippen molar-refractivity contribution in [2.24, 2.45) is 10.3 Å². The van der Waals surface area contributed by atoms with Crippen molar-refractivity contribution in [1.29, 1.82) is 0 Å². The third-order valence-electron chi connectivity index (χ3n) is 4.68. The van der Waals surface area contributed by atoms with E-state index in [1.807, 2.05) is 0 Å². The van der Waals surface area contributed by atoms with Crippen LogP contribution in [0.2, 0.25) is 5.02 Å². The molecule has 0 spiro atoms. The van der Waals surface area contributed by atoms with E-state index in [4.69, 9.17) is 11.6 Å². The highest BCUT2D eigenvalue weighted by Gasteiger charge is 2.55. The number of benzene rings is 2. The number of anilines is 2. The van der Waals surface area contributed by atoms with Crippen molar-refractivity contribution in [1.82, 2.24) is 0 Å². The van der Waals surface area contributed by atoms with E-state index >= 15 is 0 Å². The molecule has 1 saturated heterocycles. The minimum atomic E-state index is -0.953. The number of carbonyl (C=O) groups excluding carboxylic acids is 2. The number of carbonyl (C=O) groups is 2. The molecule has 2 amide bonds. The van der Waals surface area contributed by atoms with Gasteiger partial charge in [0.2, 0.25) is 0 Å². The number of rotatable bonds is 2. The van der Waals surface area contributed by atoms with Crippen LogP contribution in [-0.4, -0.2) is 23.9 Å². The van der Waals surface area contributed by atoms with Gasteiger partial charge in [0.1, 0.15) is 5.82 Å². The standard InChI is InChI=1S/C18H14ClFN4O2/c1-9-6-7-11(8-13(9)20)23-17(25)15-16(18(23)26)24(22-21-15)14-5-3-4-12(19)10(14)2/h3-8,15-16H,1-2H3. The Hall–Kier alpha value is -2.80. The van der Waals surface area contributed by atoms with Crippen LogP contribution in [0.15, 0.2) is 46.7 Å². The van der Waals surface area contributed by atoms with E-state index in [2.05, 4.69) is 10.3 Å². The summed E-state index contributed by atoms with van der Waals surface area (Å²) < 4.78 is 13.9. The smallest absolute Gasteiger partial charge is 0.263 e. The molecule has 2 aliphatic heterocycles. The zero-order chi connectivity index (χ0) is 18.6. The van der Waals surface area contributed by atoms with Crippen LogP contribution in [-0.2, 0) is 9.59 Å². The topological polar surface area (TPSA) is 65.3 Å². The molecule has 6 nitrogen and oxygen atoms in total. The number of nitrogens with zero attached hydrogens (tertiary/aromatic N) is 4. The fourth-order valence-electron chi connectivity index (χ4n) is 3.18. The molecular weight excluding hydrogens is 359 g/mol. The molecule has 2 heterocycles. The lowest BCUT2D eigenvalue weighted by molar-refractivity contribution is -0.121. The van der Waals surface area contributed by atoms with Gasteiger partial charge in [0.15, 0.2) is 12.1 Å². The van der Waals surface area contributed by atoms with Crippen molar-refractivity contribution >= 4 is 34.8 Å². The molecule has 1 fully saturated rings. The summed E-state index contributed by atoms with van der Waals surface area (Å²) in [5, 5.41) is 9.92.